The lowest BCUT2D eigenvalue weighted by Gasteiger charge is -2.16. The second-order valence-corrected chi connectivity index (χ2v) is 5.77. The van der Waals surface area contributed by atoms with Crippen molar-refractivity contribution in [1.29, 1.82) is 0 Å². The zero-order valence-electron chi connectivity index (χ0n) is 14.0. The van der Waals surface area contributed by atoms with Crippen molar-refractivity contribution >= 4 is 17.6 Å². The number of halogens is 2. The number of amides is 1. The van der Waals surface area contributed by atoms with Crippen LogP contribution in [0.3, 0.4) is 0 Å². The fourth-order valence-corrected chi connectivity index (χ4v) is 2.27. The Morgan fingerprint density at radius 3 is 2.36 bits per heavy atom. The zero-order valence-corrected chi connectivity index (χ0v) is 14.0. The first kappa shape index (κ1) is 18.6. The van der Waals surface area contributed by atoms with E-state index in [0.29, 0.717) is 0 Å². The molecule has 0 radical (unpaired) electrons. The first-order valence-corrected chi connectivity index (χ1v) is 7.87. The SMILES string of the molecule is C[C@H](CC(=O)O[C@H](C)C(=O)Nc1ccc(F)c(F)c1)c1ccccc1. The van der Waals surface area contributed by atoms with Crippen LogP contribution in [0, 0.1) is 11.6 Å². The summed E-state index contributed by atoms with van der Waals surface area (Å²) in [5, 5.41) is 2.38. The van der Waals surface area contributed by atoms with E-state index in [0.717, 1.165) is 17.7 Å². The Morgan fingerprint density at radius 2 is 1.72 bits per heavy atom. The molecule has 0 aliphatic heterocycles. The fraction of sp³-hybridized carbons (Fsp3) is 0.263. The maximum absolute atomic E-state index is 13.1. The van der Waals surface area contributed by atoms with Crippen LogP contribution in [-0.4, -0.2) is 18.0 Å². The molecule has 2 atom stereocenters. The highest BCUT2D eigenvalue weighted by Gasteiger charge is 2.20. The molecule has 0 spiro atoms. The number of hydrogen-bond acceptors (Lipinski definition) is 3. The molecule has 0 fully saturated rings. The van der Waals surface area contributed by atoms with Crippen molar-refractivity contribution in [2.75, 3.05) is 5.32 Å². The molecule has 0 unspecified atom stereocenters. The molecule has 25 heavy (non-hydrogen) atoms. The Balaban J connectivity index is 1.87. The second kappa shape index (κ2) is 8.37. The van der Waals surface area contributed by atoms with Crippen LogP contribution < -0.4 is 5.32 Å². The minimum Gasteiger partial charge on any atom is -0.453 e. The van der Waals surface area contributed by atoms with Gasteiger partial charge in [-0.05, 0) is 30.5 Å². The zero-order chi connectivity index (χ0) is 18.4. The van der Waals surface area contributed by atoms with Crippen LogP contribution in [0.4, 0.5) is 14.5 Å². The van der Waals surface area contributed by atoms with E-state index in [-0.39, 0.29) is 18.0 Å². The highest BCUT2D eigenvalue weighted by molar-refractivity contribution is 5.95. The number of rotatable bonds is 6. The van der Waals surface area contributed by atoms with Crippen molar-refractivity contribution in [2.45, 2.75) is 32.3 Å². The Labute approximate surface area is 144 Å². The predicted molar refractivity (Wildman–Crippen MR) is 90.0 cm³/mol. The van der Waals surface area contributed by atoms with E-state index in [2.05, 4.69) is 5.32 Å². The molecule has 1 N–H and O–H groups in total. The van der Waals surface area contributed by atoms with Gasteiger partial charge < -0.3 is 10.1 Å². The number of hydrogen-bond donors (Lipinski definition) is 1. The van der Waals surface area contributed by atoms with Gasteiger partial charge in [0, 0.05) is 11.8 Å². The minimum absolute atomic E-state index is 0.0462. The van der Waals surface area contributed by atoms with Crippen LogP contribution in [0.15, 0.2) is 48.5 Å². The summed E-state index contributed by atoms with van der Waals surface area (Å²) >= 11 is 0. The Kier molecular flexibility index (Phi) is 6.22. The number of esters is 1. The summed E-state index contributed by atoms with van der Waals surface area (Å²) in [6, 6.07) is 12.5. The van der Waals surface area contributed by atoms with Gasteiger partial charge in [0.2, 0.25) is 0 Å². The highest BCUT2D eigenvalue weighted by atomic mass is 19.2. The molecule has 0 aliphatic rings. The number of carbonyl (C=O) groups is 2. The highest BCUT2D eigenvalue weighted by Crippen LogP contribution is 2.19. The third-order valence-electron chi connectivity index (χ3n) is 3.71. The number of nitrogens with one attached hydrogen (secondary N) is 1. The summed E-state index contributed by atoms with van der Waals surface area (Å²) < 4.78 is 31.1. The molecule has 0 heterocycles. The minimum atomic E-state index is -1.07. The summed E-state index contributed by atoms with van der Waals surface area (Å²) in [5.74, 6) is -3.25. The molecule has 4 nitrogen and oxygen atoms in total. The monoisotopic (exact) mass is 347 g/mol. The van der Waals surface area contributed by atoms with Crippen LogP contribution in [0.1, 0.15) is 31.7 Å². The lowest BCUT2D eigenvalue weighted by atomic mass is 9.98. The maximum atomic E-state index is 13.1. The van der Waals surface area contributed by atoms with E-state index in [4.69, 9.17) is 4.74 Å². The summed E-state index contributed by atoms with van der Waals surface area (Å²) in [7, 11) is 0. The molecular formula is C19H19F2NO3. The average Bonchev–Trinajstić information content (AvgIpc) is 2.58. The van der Waals surface area contributed by atoms with Gasteiger partial charge in [-0.25, -0.2) is 8.78 Å². The van der Waals surface area contributed by atoms with Gasteiger partial charge in [0.15, 0.2) is 17.7 Å². The van der Waals surface area contributed by atoms with Gasteiger partial charge in [-0.15, -0.1) is 0 Å². The van der Waals surface area contributed by atoms with Crippen molar-refractivity contribution < 1.29 is 23.1 Å². The topological polar surface area (TPSA) is 55.4 Å². The normalized spacial score (nSPS) is 13.0. The lowest BCUT2D eigenvalue weighted by molar-refractivity contribution is -0.153. The largest absolute Gasteiger partial charge is 0.453 e. The van der Waals surface area contributed by atoms with E-state index in [9.17, 15) is 18.4 Å². The molecule has 2 aromatic carbocycles. The summed E-state index contributed by atoms with van der Waals surface area (Å²) in [6.45, 7) is 3.31. The van der Waals surface area contributed by atoms with Crippen molar-refractivity contribution in [3.05, 3.63) is 65.7 Å². The molecule has 0 bridgehead atoms. The van der Waals surface area contributed by atoms with Gasteiger partial charge in [0.1, 0.15) is 0 Å². The molecule has 2 rings (SSSR count). The lowest BCUT2D eigenvalue weighted by Crippen LogP contribution is -2.30. The summed E-state index contributed by atoms with van der Waals surface area (Å²) in [4.78, 5) is 24.0. The van der Waals surface area contributed by atoms with Crippen LogP contribution in [0.5, 0.6) is 0 Å². The molecule has 0 aromatic heterocycles. The molecule has 6 heteroatoms. The van der Waals surface area contributed by atoms with Gasteiger partial charge in [0.25, 0.3) is 5.91 Å². The third-order valence-corrected chi connectivity index (χ3v) is 3.71. The van der Waals surface area contributed by atoms with E-state index >= 15 is 0 Å². The smallest absolute Gasteiger partial charge is 0.307 e. The van der Waals surface area contributed by atoms with Crippen molar-refractivity contribution in [3.8, 4) is 0 Å². The predicted octanol–water partition coefficient (Wildman–Crippen LogP) is 4.03. The number of anilines is 1. The van der Waals surface area contributed by atoms with E-state index in [1.165, 1.54) is 13.0 Å². The second-order valence-electron chi connectivity index (χ2n) is 5.77. The van der Waals surface area contributed by atoms with Gasteiger partial charge in [0.05, 0.1) is 6.42 Å². The van der Waals surface area contributed by atoms with Crippen LogP contribution in [0.25, 0.3) is 0 Å². The third kappa shape index (κ3) is 5.38. The first-order valence-electron chi connectivity index (χ1n) is 7.87. The van der Waals surface area contributed by atoms with E-state index in [1.54, 1.807) is 0 Å². The van der Waals surface area contributed by atoms with Crippen molar-refractivity contribution in [2.24, 2.45) is 0 Å². The van der Waals surface area contributed by atoms with Gasteiger partial charge in [-0.1, -0.05) is 37.3 Å². The van der Waals surface area contributed by atoms with Gasteiger partial charge in [-0.3, -0.25) is 9.59 Å². The van der Waals surface area contributed by atoms with Gasteiger partial charge in [-0.2, -0.15) is 0 Å². The summed E-state index contributed by atoms with van der Waals surface area (Å²) in [6.07, 6.45) is -0.920. The Hall–Kier alpha value is -2.76. The van der Waals surface area contributed by atoms with E-state index in [1.807, 2.05) is 37.3 Å². The average molecular weight is 347 g/mol. The molecular weight excluding hydrogens is 328 g/mol. The number of benzene rings is 2. The standard InChI is InChI=1S/C19H19F2NO3/c1-12(14-6-4-3-5-7-14)10-18(23)25-13(2)19(24)22-15-8-9-16(20)17(21)11-15/h3-9,11-13H,10H2,1-2H3,(H,22,24)/t12-,13-/m1/s1. The quantitative estimate of drug-likeness (QED) is 0.803. The molecule has 132 valence electrons. The molecule has 2 aromatic rings. The van der Waals surface area contributed by atoms with Crippen LogP contribution in [-0.2, 0) is 14.3 Å². The summed E-state index contributed by atoms with van der Waals surface area (Å²) in [5.41, 5.74) is 1.09. The number of carbonyl (C=O) groups excluding carboxylic acids is 2. The van der Waals surface area contributed by atoms with E-state index < -0.39 is 29.6 Å². The van der Waals surface area contributed by atoms with Crippen LogP contribution in [0.2, 0.25) is 0 Å². The fourth-order valence-electron chi connectivity index (χ4n) is 2.27. The molecule has 0 saturated heterocycles. The maximum Gasteiger partial charge on any atom is 0.307 e. The van der Waals surface area contributed by atoms with Crippen LogP contribution >= 0.6 is 0 Å². The van der Waals surface area contributed by atoms with Gasteiger partial charge >= 0.3 is 5.97 Å². The van der Waals surface area contributed by atoms with Crippen molar-refractivity contribution in [3.63, 3.8) is 0 Å². The molecule has 0 saturated carbocycles. The Morgan fingerprint density at radius 1 is 1.04 bits per heavy atom. The number of ether oxygens (including phenoxy) is 1. The molecule has 0 aliphatic carbocycles. The molecule has 1 amide bonds. The van der Waals surface area contributed by atoms with Crippen molar-refractivity contribution in [1.82, 2.24) is 0 Å². The first-order chi connectivity index (χ1) is 11.9. The Bertz CT molecular complexity index is 750.